The fourth-order valence-corrected chi connectivity index (χ4v) is 2.63. The summed E-state index contributed by atoms with van der Waals surface area (Å²) in [6.07, 6.45) is 15.9. The van der Waals surface area contributed by atoms with Crippen LogP contribution in [0.25, 0.3) is 5.69 Å². The Labute approximate surface area is 126 Å². The van der Waals surface area contributed by atoms with Crippen LogP contribution in [-0.4, -0.2) is 22.3 Å². The summed E-state index contributed by atoms with van der Waals surface area (Å²) in [6.45, 7) is 0.965. The molecule has 3 nitrogen and oxygen atoms in total. The van der Waals surface area contributed by atoms with Gasteiger partial charge in [0, 0.05) is 30.8 Å². The maximum atomic E-state index is 4.33. The average molecular weight is 279 g/mol. The maximum Gasteiger partial charge on any atom is 0.0991 e. The third-order valence-electron chi connectivity index (χ3n) is 3.84. The highest BCUT2D eigenvalue weighted by atomic mass is 15.0. The third-order valence-corrected chi connectivity index (χ3v) is 3.84. The SMILES string of the molecule is C1=NCCC=C1CCCCc1ccc(-n2ccnc2)cc1. The van der Waals surface area contributed by atoms with Crippen molar-refractivity contribution < 1.29 is 0 Å². The quantitative estimate of drug-likeness (QED) is 0.735. The minimum Gasteiger partial charge on any atom is -0.306 e. The van der Waals surface area contributed by atoms with E-state index in [4.69, 9.17) is 0 Å². The van der Waals surface area contributed by atoms with E-state index in [1.807, 2.05) is 23.3 Å². The molecule has 2 heterocycles. The van der Waals surface area contributed by atoms with Crippen molar-refractivity contribution in [1.29, 1.82) is 0 Å². The lowest BCUT2D eigenvalue weighted by atomic mass is 10.0. The molecule has 0 saturated heterocycles. The van der Waals surface area contributed by atoms with E-state index in [9.17, 15) is 0 Å². The minimum atomic E-state index is 0.965. The van der Waals surface area contributed by atoms with Gasteiger partial charge in [-0.2, -0.15) is 0 Å². The molecule has 1 aliphatic rings. The van der Waals surface area contributed by atoms with Crippen LogP contribution in [0.15, 0.2) is 59.6 Å². The first-order chi connectivity index (χ1) is 10.4. The van der Waals surface area contributed by atoms with Crippen molar-refractivity contribution in [2.24, 2.45) is 4.99 Å². The molecule has 3 rings (SSSR count). The van der Waals surface area contributed by atoms with Gasteiger partial charge in [0.2, 0.25) is 0 Å². The number of hydrogen-bond acceptors (Lipinski definition) is 2. The molecule has 0 fully saturated rings. The normalized spacial score (nSPS) is 14.2. The Morgan fingerprint density at radius 3 is 2.62 bits per heavy atom. The lowest BCUT2D eigenvalue weighted by molar-refractivity contribution is 0.736. The van der Waals surface area contributed by atoms with E-state index >= 15 is 0 Å². The van der Waals surface area contributed by atoms with Gasteiger partial charge in [0.1, 0.15) is 0 Å². The summed E-state index contributed by atoms with van der Waals surface area (Å²) in [4.78, 5) is 8.40. The number of aromatic nitrogens is 2. The molecule has 1 aromatic carbocycles. The van der Waals surface area contributed by atoms with E-state index < -0.39 is 0 Å². The van der Waals surface area contributed by atoms with E-state index in [1.54, 1.807) is 6.20 Å². The predicted octanol–water partition coefficient (Wildman–Crippen LogP) is 3.99. The second-order valence-electron chi connectivity index (χ2n) is 5.45. The highest BCUT2D eigenvalue weighted by Crippen LogP contribution is 2.14. The van der Waals surface area contributed by atoms with Crippen LogP contribution in [0.4, 0.5) is 0 Å². The Bertz CT molecular complexity index is 606. The lowest BCUT2D eigenvalue weighted by Crippen LogP contribution is -1.95. The topological polar surface area (TPSA) is 30.2 Å². The molecule has 21 heavy (non-hydrogen) atoms. The minimum absolute atomic E-state index is 0.965. The Kier molecular flexibility index (Phi) is 4.62. The number of rotatable bonds is 6. The van der Waals surface area contributed by atoms with Crippen LogP contribution in [0.3, 0.4) is 0 Å². The van der Waals surface area contributed by atoms with Gasteiger partial charge in [0.25, 0.3) is 0 Å². The molecule has 0 saturated carbocycles. The van der Waals surface area contributed by atoms with Crippen molar-refractivity contribution in [3.05, 3.63) is 60.2 Å². The molecule has 2 aromatic rings. The summed E-state index contributed by atoms with van der Waals surface area (Å²) in [5.74, 6) is 0. The molecule has 0 amide bonds. The van der Waals surface area contributed by atoms with Crippen LogP contribution in [0, 0.1) is 0 Å². The van der Waals surface area contributed by atoms with Crippen molar-refractivity contribution >= 4 is 6.21 Å². The van der Waals surface area contributed by atoms with Gasteiger partial charge in [-0.1, -0.05) is 18.2 Å². The van der Waals surface area contributed by atoms with E-state index in [0.717, 1.165) is 25.8 Å². The molecule has 0 spiro atoms. The molecule has 0 atom stereocenters. The molecule has 3 heteroatoms. The number of benzene rings is 1. The highest BCUT2D eigenvalue weighted by Gasteiger charge is 2.00. The zero-order chi connectivity index (χ0) is 14.3. The summed E-state index contributed by atoms with van der Waals surface area (Å²) in [6, 6.07) is 8.76. The summed E-state index contributed by atoms with van der Waals surface area (Å²) in [7, 11) is 0. The van der Waals surface area contributed by atoms with E-state index in [1.165, 1.54) is 29.7 Å². The number of dihydropyridines is 1. The van der Waals surface area contributed by atoms with Gasteiger partial charge in [-0.25, -0.2) is 4.98 Å². The second-order valence-corrected chi connectivity index (χ2v) is 5.45. The van der Waals surface area contributed by atoms with Crippen LogP contribution in [0.1, 0.15) is 31.2 Å². The Hall–Kier alpha value is -2.16. The Balaban J connectivity index is 1.45. The summed E-state index contributed by atoms with van der Waals surface area (Å²) >= 11 is 0. The number of unbranched alkanes of at least 4 members (excludes halogenated alkanes) is 1. The first kappa shape index (κ1) is 13.8. The largest absolute Gasteiger partial charge is 0.306 e. The van der Waals surface area contributed by atoms with Crippen molar-refractivity contribution in [1.82, 2.24) is 9.55 Å². The zero-order valence-electron chi connectivity index (χ0n) is 12.3. The van der Waals surface area contributed by atoms with Gasteiger partial charge < -0.3 is 4.57 Å². The molecule has 1 aromatic heterocycles. The standard InChI is InChI=1S/C18H21N3/c1(2-5-17-6-3-11-19-14-17)4-16-7-9-18(10-8-16)21-13-12-20-15-21/h6-10,12-15H,1-5,11H2. The fraction of sp³-hybridized carbons (Fsp3) is 0.333. The van der Waals surface area contributed by atoms with Crippen LogP contribution >= 0.6 is 0 Å². The second kappa shape index (κ2) is 7.02. The third kappa shape index (κ3) is 3.91. The van der Waals surface area contributed by atoms with Gasteiger partial charge in [-0.05, 0) is 55.4 Å². The number of aliphatic imine (C=N–C) groups is 1. The predicted molar refractivity (Wildman–Crippen MR) is 87.2 cm³/mol. The van der Waals surface area contributed by atoms with Gasteiger partial charge in [0.05, 0.1) is 6.33 Å². The van der Waals surface area contributed by atoms with Crippen LogP contribution in [0.2, 0.25) is 0 Å². The fourth-order valence-electron chi connectivity index (χ4n) is 2.63. The van der Waals surface area contributed by atoms with Gasteiger partial charge in [-0.3, -0.25) is 4.99 Å². The lowest BCUT2D eigenvalue weighted by Gasteiger charge is -2.07. The first-order valence-electron chi connectivity index (χ1n) is 7.68. The Morgan fingerprint density at radius 1 is 1.05 bits per heavy atom. The summed E-state index contributed by atoms with van der Waals surface area (Å²) < 4.78 is 2.03. The van der Waals surface area contributed by atoms with E-state index in [-0.39, 0.29) is 0 Å². The van der Waals surface area contributed by atoms with Crippen LogP contribution < -0.4 is 0 Å². The first-order valence-corrected chi connectivity index (χ1v) is 7.68. The van der Waals surface area contributed by atoms with Gasteiger partial charge in [0.15, 0.2) is 0 Å². The molecule has 0 aliphatic carbocycles. The van der Waals surface area contributed by atoms with Crippen molar-refractivity contribution in [3.63, 3.8) is 0 Å². The number of hydrogen-bond donors (Lipinski definition) is 0. The highest BCUT2D eigenvalue weighted by molar-refractivity contribution is 5.79. The van der Waals surface area contributed by atoms with Gasteiger partial charge in [-0.15, -0.1) is 0 Å². The number of allylic oxidation sites excluding steroid dienone is 1. The molecule has 0 unspecified atom stereocenters. The molecular weight excluding hydrogens is 258 g/mol. The average Bonchev–Trinajstić information content (AvgIpc) is 3.08. The monoisotopic (exact) mass is 279 g/mol. The number of imidazole rings is 1. The van der Waals surface area contributed by atoms with Crippen molar-refractivity contribution in [2.75, 3.05) is 6.54 Å². The van der Waals surface area contributed by atoms with Crippen LogP contribution in [-0.2, 0) is 6.42 Å². The molecule has 0 N–H and O–H groups in total. The molecule has 0 radical (unpaired) electrons. The van der Waals surface area contributed by atoms with E-state index in [2.05, 4.69) is 40.3 Å². The molecule has 0 bridgehead atoms. The molecular formula is C18H21N3. The van der Waals surface area contributed by atoms with Crippen molar-refractivity contribution in [2.45, 2.75) is 32.1 Å². The smallest absolute Gasteiger partial charge is 0.0991 e. The Morgan fingerprint density at radius 2 is 1.90 bits per heavy atom. The molecule has 1 aliphatic heterocycles. The number of nitrogens with zero attached hydrogens (tertiary/aromatic N) is 3. The van der Waals surface area contributed by atoms with E-state index in [0.29, 0.717) is 0 Å². The molecule has 108 valence electrons. The van der Waals surface area contributed by atoms with Crippen molar-refractivity contribution in [3.8, 4) is 5.69 Å². The van der Waals surface area contributed by atoms with Gasteiger partial charge >= 0.3 is 0 Å². The maximum absolute atomic E-state index is 4.33. The van der Waals surface area contributed by atoms with Crippen LogP contribution in [0.5, 0.6) is 0 Å². The summed E-state index contributed by atoms with van der Waals surface area (Å²) in [5, 5.41) is 0. The number of aryl methyl sites for hydroxylation is 1. The zero-order valence-corrected chi connectivity index (χ0v) is 12.3. The summed E-state index contributed by atoms with van der Waals surface area (Å²) in [5.41, 5.74) is 3.99.